The molecule has 0 bridgehead atoms. The van der Waals surface area contributed by atoms with Gasteiger partial charge in [-0.1, -0.05) is 35.7 Å². The third-order valence-electron chi connectivity index (χ3n) is 4.08. The Morgan fingerprint density at radius 1 is 1.25 bits per heavy atom. The maximum Gasteiger partial charge on any atom is 0.241 e. The van der Waals surface area contributed by atoms with E-state index >= 15 is 0 Å². The first-order chi connectivity index (χ1) is 9.31. The molecule has 1 aliphatic rings. The Morgan fingerprint density at radius 2 is 1.95 bits per heavy atom. The molecule has 1 aromatic carbocycles. The Balaban J connectivity index is 2.16. The molecule has 0 radical (unpaired) electrons. The molecule has 0 saturated heterocycles. The summed E-state index contributed by atoms with van der Waals surface area (Å²) in [5, 5.41) is 0. The minimum Gasteiger partial charge on any atom is -0.211 e. The summed E-state index contributed by atoms with van der Waals surface area (Å²) in [7, 11) is -3.47. The van der Waals surface area contributed by atoms with E-state index in [1.54, 1.807) is 6.07 Å². The molecule has 0 amide bonds. The maximum absolute atomic E-state index is 12.4. The molecular weight excluding hydrogens is 406 g/mol. The lowest BCUT2D eigenvalue weighted by molar-refractivity contribution is 0.414. The molecule has 2 atom stereocenters. The fourth-order valence-electron chi connectivity index (χ4n) is 2.65. The van der Waals surface area contributed by atoms with Gasteiger partial charge in [0.05, 0.1) is 4.90 Å². The zero-order chi connectivity index (χ0) is 14.9. The van der Waals surface area contributed by atoms with Gasteiger partial charge in [-0.2, -0.15) is 0 Å². The van der Waals surface area contributed by atoms with Crippen molar-refractivity contribution in [2.75, 3.05) is 6.54 Å². The summed E-state index contributed by atoms with van der Waals surface area (Å²) in [5.74, 6) is 1.06. The van der Waals surface area contributed by atoms with E-state index < -0.39 is 10.0 Å². The lowest BCUT2D eigenvalue weighted by Crippen LogP contribution is -2.30. The summed E-state index contributed by atoms with van der Waals surface area (Å²) < 4.78 is 29.0. The van der Waals surface area contributed by atoms with Crippen LogP contribution in [-0.2, 0) is 10.0 Å². The molecule has 0 aromatic heterocycles. The maximum atomic E-state index is 12.4. The molecule has 2 unspecified atom stereocenters. The number of hydrogen-bond acceptors (Lipinski definition) is 2. The molecule has 1 saturated carbocycles. The van der Waals surface area contributed by atoms with Gasteiger partial charge in [0.15, 0.2) is 0 Å². The van der Waals surface area contributed by atoms with Crippen LogP contribution in [0.3, 0.4) is 0 Å². The minimum absolute atomic E-state index is 0.292. The predicted molar refractivity (Wildman–Crippen MR) is 88.3 cm³/mol. The van der Waals surface area contributed by atoms with E-state index in [2.05, 4.69) is 43.5 Å². The Kier molecular flexibility index (Phi) is 5.32. The highest BCUT2D eigenvalue weighted by atomic mass is 79.9. The number of benzene rings is 1. The van der Waals surface area contributed by atoms with E-state index in [1.807, 2.05) is 13.0 Å². The first kappa shape index (κ1) is 16.5. The van der Waals surface area contributed by atoms with Crippen molar-refractivity contribution in [1.82, 2.24) is 4.72 Å². The van der Waals surface area contributed by atoms with Gasteiger partial charge >= 0.3 is 0 Å². The van der Waals surface area contributed by atoms with E-state index in [9.17, 15) is 8.42 Å². The Labute approximate surface area is 137 Å². The van der Waals surface area contributed by atoms with Crippen LogP contribution in [-0.4, -0.2) is 15.0 Å². The van der Waals surface area contributed by atoms with Crippen molar-refractivity contribution < 1.29 is 8.42 Å². The van der Waals surface area contributed by atoms with Crippen molar-refractivity contribution in [2.24, 2.45) is 11.8 Å². The van der Waals surface area contributed by atoms with Crippen LogP contribution in [0.1, 0.15) is 31.7 Å². The van der Waals surface area contributed by atoms with E-state index in [0.29, 0.717) is 27.7 Å². The summed E-state index contributed by atoms with van der Waals surface area (Å²) in [4.78, 5) is 0.292. The number of hydrogen-bond donors (Lipinski definition) is 1. The van der Waals surface area contributed by atoms with E-state index in [-0.39, 0.29) is 0 Å². The van der Waals surface area contributed by atoms with Crippen molar-refractivity contribution in [1.29, 1.82) is 0 Å². The average Bonchev–Trinajstić information content (AvgIpc) is 2.77. The molecule has 0 aliphatic heterocycles. The largest absolute Gasteiger partial charge is 0.241 e. The Morgan fingerprint density at radius 3 is 2.55 bits per heavy atom. The summed E-state index contributed by atoms with van der Waals surface area (Å²) in [5.41, 5.74) is 1.00. The van der Waals surface area contributed by atoms with Crippen LogP contribution >= 0.6 is 31.9 Å². The van der Waals surface area contributed by atoms with Gasteiger partial charge in [0.2, 0.25) is 10.0 Å². The van der Waals surface area contributed by atoms with E-state index in [1.165, 1.54) is 12.8 Å². The molecule has 3 nitrogen and oxygen atoms in total. The zero-order valence-electron chi connectivity index (χ0n) is 11.6. The van der Waals surface area contributed by atoms with Crippen molar-refractivity contribution >= 4 is 41.9 Å². The Bertz CT molecular complexity index is 601. The van der Waals surface area contributed by atoms with E-state index in [4.69, 9.17) is 0 Å². The average molecular weight is 425 g/mol. The van der Waals surface area contributed by atoms with Crippen LogP contribution < -0.4 is 4.72 Å². The third-order valence-corrected chi connectivity index (χ3v) is 7.31. The zero-order valence-corrected chi connectivity index (χ0v) is 15.6. The van der Waals surface area contributed by atoms with Gasteiger partial charge in [0.1, 0.15) is 0 Å². The fourth-order valence-corrected chi connectivity index (χ4v) is 5.42. The molecule has 0 heterocycles. The SMILES string of the molecule is Cc1cc(Br)c(S(=O)(=O)NCC2CCCC2C)cc1Br. The fraction of sp³-hybridized carbons (Fsp3) is 0.571. The van der Waals surface area contributed by atoms with Crippen LogP contribution in [0.25, 0.3) is 0 Å². The number of sulfonamides is 1. The number of aryl methyl sites for hydroxylation is 1. The van der Waals surface area contributed by atoms with Crippen LogP contribution in [0.5, 0.6) is 0 Å². The normalized spacial score (nSPS) is 23.2. The smallest absolute Gasteiger partial charge is 0.211 e. The lowest BCUT2D eigenvalue weighted by atomic mass is 9.99. The topological polar surface area (TPSA) is 46.2 Å². The van der Waals surface area contributed by atoms with Crippen molar-refractivity contribution in [3.8, 4) is 0 Å². The second-order valence-corrected chi connectivity index (χ2v) is 9.00. The predicted octanol–water partition coefficient (Wildman–Crippen LogP) is 4.23. The summed E-state index contributed by atoms with van der Waals surface area (Å²) >= 11 is 6.73. The minimum atomic E-state index is -3.47. The second kappa shape index (κ2) is 6.46. The molecule has 112 valence electrons. The van der Waals surface area contributed by atoms with Gasteiger partial charge in [-0.05, 0) is 58.8 Å². The first-order valence-corrected chi connectivity index (χ1v) is 9.83. The van der Waals surface area contributed by atoms with Gasteiger partial charge in [0, 0.05) is 15.5 Å². The van der Waals surface area contributed by atoms with Gasteiger partial charge in [0.25, 0.3) is 0 Å². The highest BCUT2D eigenvalue weighted by Crippen LogP contribution is 2.32. The quantitative estimate of drug-likeness (QED) is 0.785. The van der Waals surface area contributed by atoms with Crippen LogP contribution in [0.15, 0.2) is 26.0 Å². The molecule has 2 rings (SSSR count). The summed E-state index contributed by atoms with van der Waals surface area (Å²) in [6, 6.07) is 3.47. The van der Waals surface area contributed by atoms with Crippen LogP contribution in [0.4, 0.5) is 0 Å². The molecule has 1 aromatic rings. The highest BCUT2D eigenvalue weighted by molar-refractivity contribution is 9.11. The second-order valence-electron chi connectivity index (χ2n) is 5.55. The lowest BCUT2D eigenvalue weighted by Gasteiger charge is -2.17. The van der Waals surface area contributed by atoms with Crippen molar-refractivity contribution in [3.63, 3.8) is 0 Å². The summed E-state index contributed by atoms with van der Waals surface area (Å²) in [6.45, 7) is 4.66. The van der Waals surface area contributed by atoms with Crippen molar-refractivity contribution in [3.05, 3.63) is 26.6 Å². The van der Waals surface area contributed by atoms with E-state index in [0.717, 1.165) is 16.5 Å². The summed E-state index contributed by atoms with van der Waals surface area (Å²) in [6.07, 6.45) is 3.52. The molecule has 0 spiro atoms. The third kappa shape index (κ3) is 3.64. The standard InChI is InChI=1S/C14H19Br2NO2S/c1-9-4-3-5-11(9)8-17-20(18,19)14-7-12(15)10(2)6-13(14)16/h6-7,9,11,17H,3-5,8H2,1-2H3. The molecule has 20 heavy (non-hydrogen) atoms. The van der Waals surface area contributed by atoms with Gasteiger partial charge in [-0.15, -0.1) is 0 Å². The molecule has 1 aliphatic carbocycles. The molecule has 1 N–H and O–H groups in total. The number of rotatable bonds is 4. The van der Waals surface area contributed by atoms with Gasteiger partial charge < -0.3 is 0 Å². The van der Waals surface area contributed by atoms with Crippen LogP contribution in [0, 0.1) is 18.8 Å². The number of halogens is 2. The number of nitrogens with one attached hydrogen (secondary N) is 1. The molecule has 6 heteroatoms. The highest BCUT2D eigenvalue weighted by Gasteiger charge is 2.26. The van der Waals surface area contributed by atoms with Gasteiger partial charge in [-0.25, -0.2) is 13.1 Å². The Hall–Kier alpha value is 0.0900. The van der Waals surface area contributed by atoms with Crippen molar-refractivity contribution in [2.45, 2.75) is 38.0 Å². The first-order valence-electron chi connectivity index (χ1n) is 6.76. The molecular formula is C14H19Br2NO2S. The van der Waals surface area contributed by atoms with Gasteiger partial charge in [-0.3, -0.25) is 0 Å². The van der Waals surface area contributed by atoms with Crippen LogP contribution in [0.2, 0.25) is 0 Å². The molecule has 1 fully saturated rings. The monoisotopic (exact) mass is 423 g/mol.